The van der Waals surface area contributed by atoms with Crippen LogP contribution in [0.1, 0.15) is 15.9 Å². The minimum Gasteiger partial charge on any atom is -0.366 e. The fourth-order valence-corrected chi connectivity index (χ4v) is 2.44. The molecule has 0 radical (unpaired) electrons. The standard InChI is InChI=1S/C17H12ClNO/c18-16-9-5-4-8-13(16)14-10-19-11-15(14)17(20)12-6-2-1-3-7-12/h1-11,19H. The van der Waals surface area contributed by atoms with Crippen LogP contribution in [0.15, 0.2) is 67.0 Å². The van der Waals surface area contributed by atoms with E-state index in [1.165, 1.54) is 0 Å². The van der Waals surface area contributed by atoms with E-state index in [1.807, 2.05) is 54.6 Å². The fraction of sp³-hybridized carbons (Fsp3) is 0. The second kappa shape index (κ2) is 5.35. The van der Waals surface area contributed by atoms with Gasteiger partial charge in [-0.15, -0.1) is 0 Å². The highest BCUT2D eigenvalue weighted by Gasteiger charge is 2.16. The van der Waals surface area contributed by atoms with E-state index >= 15 is 0 Å². The maximum atomic E-state index is 12.5. The van der Waals surface area contributed by atoms with Crippen molar-refractivity contribution >= 4 is 17.4 Å². The largest absolute Gasteiger partial charge is 0.366 e. The van der Waals surface area contributed by atoms with Crippen LogP contribution in [0.4, 0.5) is 0 Å². The summed E-state index contributed by atoms with van der Waals surface area (Å²) in [4.78, 5) is 15.5. The molecule has 0 bridgehead atoms. The van der Waals surface area contributed by atoms with Crippen LogP contribution in [0.25, 0.3) is 11.1 Å². The van der Waals surface area contributed by atoms with E-state index in [0.717, 1.165) is 11.1 Å². The van der Waals surface area contributed by atoms with E-state index in [0.29, 0.717) is 16.1 Å². The molecule has 2 nitrogen and oxygen atoms in total. The number of H-pyrrole nitrogens is 1. The van der Waals surface area contributed by atoms with E-state index in [2.05, 4.69) is 4.98 Å². The zero-order valence-electron chi connectivity index (χ0n) is 10.6. The molecule has 98 valence electrons. The van der Waals surface area contributed by atoms with Crippen molar-refractivity contribution in [2.24, 2.45) is 0 Å². The molecule has 0 saturated heterocycles. The van der Waals surface area contributed by atoms with Gasteiger partial charge >= 0.3 is 0 Å². The maximum Gasteiger partial charge on any atom is 0.195 e. The summed E-state index contributed by atoms with van der Waals surface area (Å²) in [5, 5.41) is 0.634. The van der Waals surface area contributed by atoms with Crippen molar-refractivity contribution in [2.45, 2.75) is 0 Å². The van der Waals surface area contributed by atoms with Crippen LogP contribution in [-0.4, -0.2) is 10.8 Å². The molecule has 2 aromatic carbocycles. The van der Waals surface area contributed by atoms with Gasteiger partial charge < -0.3 is 4.98 Å². The molecule has 20 heavy (non-hydrogen) atoms. The number of nitrogens with one attached hydrogen (secondary N) is 1. The minimum absolute atomic E-state index is 0.0123. The van der Waals surface area contributed by atoms with E-state index in [9.17, 15) is 4.79 Å². The monoisotopic (exact) mass is 281 g/mol. The second-order valence-electron chi connectivity index (χ2n) is 4.46. The molecule has 1 heterocycles. The maximum absolute atomic E-state index is 12.5. The summed E-state index contributed by atoms with van der Waals surface area (Å²) in [5.74, 6) is -0.0123. The van der Waals surface area contributed by atoms with Gasteiger partial charge in [-0.25, -0.2) is 0 Å². The Morgan fingerprint density at radius 2 is 1.55 bits per heavy atom. The molecule has 0 aliphatic carbocycles. The van der Waals surface area contributed by atoms with Crippen LogP contribution in [0.2, 0.25) is 5.02 Å². The van der Waals surface area contributed by atoms with Gasteiger partial charge in [-0.3, -0.25) is 4.79 Å². The summed E-state index contributed by atoms with van der Waals surface area (Å²) in [5.41, 5.74) is 2.98. The van der Waals surface area contributed by atoms with Crippen LogP contribution < -0.4 is 0 Å². The molecule has 3 aromatic rings. The Labute approximate surface area is 122 Å². The van der Waals surface area contributed by atoms with E-state index in [-0.39, 0.29) is 5.78 Å². The summed E-state index contributed by atoms with van der Waals surface area (Å²) < 4.78 is 0. The van der Waals surface area contributed by atoms with Crippen LogP contribution in [-0.2, 0) is 0 Å². The molecule has 3 heteroatoms. The topological polar surface area (TPSA) is 32.9 Å². The van der Waals surface area contributed by atoms with Gasteiger partial charge in [0.1, 0.15) is 0 Å². The van der Waals surface area contributed by atoms with Gasteiger partial charge in [0.2, 0.25) is 0 Å². The van der Waals surface area contributed by atoms with Crippen LogP contribution in [0.5, 0.6) is 0 Å². The van der Waals surface area contributed by atoms with Crippen LogP contribution in [0.3, 0.4) is 0 Å². The van der Waals surface area contributed by atoms with Crippen LogP contribution in [0, 0.1) is 0 Å². The van der Waals surface area contributed by atoms with Gasteiger partial charge in [0.15, 0.2) is 5.78 Å². The minimum atomic E-state index is -0.0123. The third kappa shape index (κ3) is 2.26. The highest BCUT2D eigenvalue weighted by Crippen LogP contribution is 2.31. The third-order valence-corrected chi connectivity index (χ3v) is 3.52. The zero-order chi connectivity index (χ0) is 13.9. The Bertz CT molecular complexity index is 746. The highest BCUT2D eigenvalue weighted by atomic mass is 35.5. The average Bonchev–Trinajstić information content (AvgIpc) is 2.97. The molecule has 0 aliphatic rings. The number of halogens is 1. The van der Waals surface area contributed by atoms with Gasteiger partial charge in [-0.1, -0.05) is 60.1 Å². The van der Waals surface area contributed by atoms with Gasteiger partial charge in [0.25, 0.3) is 0 Å². The number of carbonyl (C=O) groups is 1. The molecular weight excluding hydrogens is 270 g/mol. The Morgan fingerprint density at radius 1 is 0.850 bits per heavy atom. The molecule has 0 atom stereocenters. The Hall–Kier alpha value is -2.32. The molecular formula is C17H12ClNO. The van der Waals surface area contributed by atoms with E-state index in [1.54, 1.807) is 12.4 Å². The number of benzene rings is 2. The van der Waals surface area contributed by atoms with Crippen molar-refractivity contribution < 1.29 is 4.79 Å². The van der Waals surface area contributed by atoms with E-state index < -0.39 is 0 Å². The first-order valence-corrected chi connectivity index (χ1v) is 6.66. The number of aromatic nitrogens is 1. The molecule has 0 fully saturated rings. The van der Waals surface area contributed by atoms with Gasteiger partial charge in [0.05, 0.1) is 0 Å². The van der Waals surface area contributed by atoms with Crippen molar-refractivity contribution in [3.8, 4) is 11.1 Å². The first kappa shape index (κ1) is 12.7. The van der Waals surface area contributed by atoms with Crippen molar-refractivity contribution in [2.75, 3.05) is 0 Å². The predicted octanol–water partition coefficient (Wildman–Crippen LogP) is 4.57. The van der Waals surface area contributed by atoms with Crippen LogP contribution >= 0.6 is 11.6 Å². The van der Waals surface area contributed by atoms with Crippen molar-refractivity contribution in [3.05, 3.63) is 83.1 Å². The number of hydrogen-bond acceptors (Lipinski definition) is 1. The molecule has 3 rings (SSSR count). The summed E-state index contributed by atoms with van der Waals surface area (Å²) in [6, 6.07) is 16.7. The van der Waals surface area contributed by atoms with Gasteiger partial charge in [0, 0.05) is 39.7 Å². The van der Waals surface area contributed by atoms with Gasteiger partial charge in [-0.05, 0) is 6.07 Å². The lowest BCUT2D eigenvalue weighted by molar-refractivity contribution is 0.103. The molecule has 0 unspecified atom stereocenters. The SMILES string of the molecule is O=C(c1ccccc1)c1c[nH]cc1-c1ccccc1Cl. The van der Waals surface area contributed by atoms with E-state index in [4.69, 9.17) is 11.6 Å². The predicted molar refractivity (Wildman–Crippen MR) is 81.1 cm³/mol. The quantitative estimate of drug-likeness (QED) is 0.701. The first-order valence-electron chi connectivity index (χ1n) is 6.29. The molecule has 0 saturated carbocycles. The highest BCUT2D eigenvalue weighted by molar-refractivity contribution is 6.33. The summed E-state index contributed by atoms with van der Waals surface area (Å²) >= 11 is 6.21. The lowest BCUT2D eigenvalue weighted by Gasteiger charge is -2.05. The number of hydrogen-bond donors (Lipinski definition) is 1. The van der Waals surface area contributed by atoms with Crippen molar-refractivity contribution in [1.82, 2.24) is 4.98 Å². The normalized spacial score (nSPS) is 10.4. The molecule has 1 N–H and O–H groups in total. The Balaban J connectivity index is 2.08. The van der Waals surface area contributed by atoms with Gasteiger partial charge in [-0.2, -0.15) is 0 Å². The summed E-state index contributed by atoms with van der Waals surface area (Å²) in [6.07, 6.45) is 3.52. The van der Waals surface area contributed by atoms with Crippen molar-refractivity contribution in [1.29, 1.82) is 0 Å². The number of carbonyl (C=O) groups excluding carboxylic acids is 1. The lowest BCUT2D eigenvalue weighted by atomic mass is 9.98. The van der Waals surface area contributed by atoms with Crippen molar-refractivity contribution in [3.63, 3.8) is 0 Å². The zero-order valence-corrected chi connectivity index (χ0v) is 11.4. The fourth-order valence-electron chi connectivity index (χ4n) is 2.20. The molecule has 0 spiro atoms. The average molecular weight is 282 g/mol. The third-order valence-electron chi connectivity index (χ3n) is 3.19. The Kier molecular flexibility index (Phi) is 3.40. The Morgan fingerprint density at radius 3 is 2.30 bits per heavy atom. The molecule has 1 aromatic heterocycles. The number of rotatable bonds is 3. The smallest absolute Gasteiger partial charge is 0.195 e. The molecule has 0 amide bonds. The summed E-state index contributed by atoms with van der Waals surface area (Å²) in [6.45, 7) is 0. The number of ketones is 1. The summed E-state index contributed by atoms with van der Waals surface area (Å²) in [7, 11) is 0. The number of aromatic amines is 1. The second-order valence-corrected chi connectivity index (χ2v) is 4.86. The molecule has 0 aliphatic heterocycles. The lowest BCUT2D eigenvalue weighted by Crippen LogP contribution is -2.01. The first-order chi connectivity index (χ1) is 9.77.